The molecule has 0 fully saturated rings. The van der Waals surface area contributed by atoms with Crippen LogP contribution in [-0.4, -0.2) is 19.1 Å². The number of hydrogen-bond donors (Lipinski definition) is 1. The van der Waals surface area contributed by atoms with Crippen LogP contribution in [0.1, 0.15) is 6.92 Å². The summed E-state index contributed by atoms with van der Waals surface area (Å²) in [5, 5.41) is 3.28. The molecule has 0 radical (unpaired) electrons. The highest BCUT2D eigenvalue weighted by molar-refractivity contribution is 6.32. The topological polar surface area (TPSA) is 47.6 Å². The molecule has 0 spiro atoms. The van der Waals surface area contributed by atoms with Crippen LogP contribution < -0.4 is 10.1 Å². The number of anilines is 1. The van der Waals surface area contributed by atoms with E-state index >= 15 is 0 Å². The SMILES string of the molecule is CCOCC(=O)Nc1ccc(Oc2ccccc2Cl)cc1. The Balaban J connectivity index is 1.96. The third-order valence-electron chi connectivity index (χ3n) is 2.64. The van der Waals surface area contributed by atoms with Crippen molar-refractivity contribution in [3.05, 3.63) is 53.6 Å². The monoisotopic (exact) mass is 305 g/mol. The average Bonchev–Trinajstić information content (AvgIpc) is 2.49. The van der Waals surface area contributed by atoms with Crippen molar-refractivity contribution in [2.75, 3.05) is 18.5 Å². The van der Waals surface area contributed by atoms with Gasteiger partial charge in [0.1, 0.15) is 18.1 Å². The summed E-state index contributed by atoms with van der Waals surface area (Å²) in [6.45, 7) is 2.40. The molecule has 0 aliphatic carbocycles. The molecule has 2 rings (SSSR count). The van der Waals surface area contributed by atoms with E-state index in [0.717, 1.165) is 0 Å². The van der Waals surface area contributed by atoms with E-state index in [1.54, 1.807) is 36.4 Å². The molecule has 0 unspecified atom stereocenters. The van der Waals surface area contributed by atoms with Crippen LogP contribution in [-0.2, 0) is 9.53 Å². The van der Waals surface area contributed by atoms with E-state index < -0.39 is 0 Å². The largest absolute Gasteiger partial charge is 0.456 e. The van der Waals surface area contributed by atoms with Crippen molar-refractivity contribution in [1.82, 2.24) is 0 Å². The van der Waals surface area contributed by atoms with Gasteiger partial charge in [-0.1, -0.05) is 23.7 Å². The number of benzene rings is 2. The van der Waals surface area contributed by atoms with Crippen molar-refractivity contribution in [3.8, 4) is 11.5 Å². The molecular formula is C16H16ClNO3. The third kappa shape index (κ3) is 4.77. The zero-order valence-electron chi connectivity index (χ0n) is 11.6. The fraction of sp³-hybridized carbons (Fsp3) is 0.188. The van der Waals surface area contributed by atoms with Gasteiger partial charge in [0.25, 0.3) is 0 Å². The Morgan fingerprint density at radius 2 is 1.86 bits per heavy atom. The van der Waals surface area contributed by atoms with Crippen molar-refractivity contribution in [1.29, 1.82) is 0 Å². The maximum Gasteiger partial charge on any atom is 0.250 e. The standard InChI is InChI=1S/C16H16ClNO3/c1-2-20-11-16(19)18-12-7-9-13(10-8-12)21-15-6-4-3-5-14(15)17/h3-10H,2,11H2,1H3,(H,18,19). The van der Waals surface area contributed by atoms with Crippen LogP contribution >= 0.6 is 11.6 Å². The molecule has 1 N–H and O–H groups in total. The summed E-state index contributed by atoms with van der Waals surface area (Å²) < 4.78 is 10.7. The maximum atomic E-state index is 11.5. The van der Waals surface area contributed by atoms with Crippen LogP contribution in [0.5, 0.6) is 11.5 Å². The van der Waals surface area contributed by atoms with Crippen molar-refractivity contribution in [2.24, 2.45) is 0 Å². The highest BCUT2D eigenvalue weighted by Crippen LogP contribution is 2.29. The first-order valence-electron chi connectivity index (χ1n) is 6.59. The summed E-state index contributed by atoms with van der Waals surface area (Å²) in [6, 6.07) is 14.3. The molecule has 0 bridgehead atoms. The number of carbonyl (C=O) groups is 1. The highest BCUT2D eigenvalue weighted by atomic mass is 35.5. The Kier molecular flexibility index (Phi) is 5.60. The smallest absolute Gasteiger partial charge is 0.250 e. The molecule has 1 amide bonds. The Morgan fingerprint density at radius 3 is 2.52 bits per heavy atom. The van der Waals surface area contributed by atoms with E-state index in [2.05, 4.69) is 5.32 Å². The molecule has 110 valence electrons. The quantitative estimate of drug-likeness (QED) is 0.873. The lowest BCUT2D eigenvalue weighted by molar-refractivity contribution is -0.120. The Labute approximate surface area is 128 Å². The number of para-hydroxylation sites is 1. The van der Waals surface area contributed by atoms with Gasteiger partial charge < -0.3 is 14.8 Å². The molecule has 0 aromatic heterocycles. The van der Waals surface area contributed by atoms with Gasteiger partial charge >= 0.3 is 0 Å². The molecule has 0 atom stereocenters. The summed E-state index contributed by atoms with van der Waals surface area (Å²) in [5.41, 5.74) is 0.686. The van der Waals surface area contributed by atoms with E-state index in [9.17, 15) is 4.79 Å². The minimum absolute atomic E-state index is 0.0500. The number of rotatable bonds is 6. The highest BCUT2D eigenvalue weighted by Gasteiger charge is 2.04. The van der Waals surface area contributed by atoms with E-state index in [4.69, 9.17) is 21.1 Å². The van der Waals surface area contributed by atoms with Gasteiger partial charge in [-0.2, -0.15) is 0 Å². The van der Waals surface area contributed by atoms with Crippen LogP contribution in [0.3, 0.4) is 0 Å². The van der Waals surface area contributed by atoms with E-state index in [0.29, 0.717) is 28.8 Å². The predicted molar refractivity (Wildman–Crippen MR) is 83.1 cm³/mol. The molecule has 0 saturated heterocycles. The van der Waals surface area contributed by atoms with Crippen LogP contribution in [0.2, 0.25) is 5.02 Å². The first-order valence-corrected chi connectivity index (χ1v) is 6.97. The lowest BCUT2D eigenvalue weighted by Crippen LogP contribution is -2.18. The van der Waals surface area contributed by atoms with Gasteiger partial charge in [-0.25, -0.2) is 0 Å². The fourth-order valence-corrected chi connectivity index (χ4v) is 1.83. The molecule has 4 nitrogen and oxygen atoms in total. The zero-order valence-corrected chi connectivity index (χ0v) is 12.4. The zero-order chi connectivity index (χ0) is 15.1. The molecule has 2 aromatic carbocycles. The second-order valence-electron chi connectivity index (χ2n) is 4.24. The predicted octanol–water partition coefficient (Wildman–Crippen LogP) is 4.11. The fourth-order valence-electron chi connectivity index (χ4n) is 1.65. The van der Waals surface area contributed by atoms with Gasteiger partial charge in [-0.15, -0.1) is 0 Å². The van der Waals surface area contributed by atoms with Gasteiger partial charge in [-0.3, -0.25) is 4.79 Å². The second-order valence-corrected chi connectivity index (χ2v) is 4.65. The van der Waals surface area contributed by atoms with Gasteiger partial charge in [-0.05, 0) is 43.3 Å². The van der Waals surface area contributed by atoms with E-state index in [-0.39, 0.29) is 12.5 Å². The molecule has 0 saturated carbocycles. The van der Waals surface area contributed by atoms with Crippen LogP contribution in [0.15, 0.2) is 48.5 Å². The van der Waals surface area contributed by atoms with Crippen molar-refractivity contribution in [3.63, 3.8) is 0 Å². The van der Waals surface area contributed by atoms with Gasteiger partial charge in [0.15, 0.2) is 0 Å². The number of amides is 1. The lowest BCUT2D eigenvalue weighted by atomic mass is 10.3. The normalized spacial score (nSPS) is 10.2. The molecule has 2 aromatic rings. The maximum absolute atomic E-state index is 11.5. The minimum atomic E-state index is -0.184. The number of ether oxygens (including phenoxy) is 2. The Hall–Kier alpha value is -2.04. The molecule has 0 heterocycles. The van der Waals surface area contributed by atoms with E-state index in [1.807, 2.05) is 19.1 Å². The van der Waals surface area contributed by atoms with Crippen molar-refractivity contribution < 1.29 is 14.3 Å². The van der Waals surface area contributed by atoms with Gasteiger partial charge in [0.2, 0.25) is 5.91 Å². The lowest BCUT2D eigenvalue weighted by Gasteiger charge is -2.09. The van der Waals surface area contributed by atoms with Crippen molar-refractivity contribution in [2.45, 2.75) is 6.92 Å². The molecule has 0 aliphatic heterocycles. The molecular weight excluding hydrogens is 290 g/mol. The number of halogens is 1. The second kappa shape index (κ2) is 7.67. The third-order valence-corrected chi connectivity index (χ3v) is 2.95. The summed E-state index contributed by atoms with van der Waals surface area (Å²) in [7, 11) is 0. The minimum Gasteiger partial charge on any atom is -0.456 e. The molecule has 21 heavy (non-hydrogen) atoms. The van der Waals surface area contributed by atoms with Gasteiger partial charge in [0.05, 0.1) is 5.02 Å². The first-order chi connectivity index (χ1) is 10.2. The molecule has 0 aliphatic rings. The Morgan fingerprint density at radius 1 is 1.14 bits per heavy atom. The van der Waals surface area contributed by atoms with Crippen molar-refractivity contribution >= 4 is 23.2 Å². The first kappa shape index (κ1) is 15.4. The summed E-state index contributed by atoms with van der Waals surface area (Å²) in [4.78, 5) is 11.5. The number of hydrogen-bond acceptors (Lipinski definition) is 3. The molecule has 5 heteroatoms. The average molecular weight is 306 g/mol. The Bertz CT molecular complexity index is 599. The van der Waals surface area contributed by atoms with Gasteiger partial charge in [0, 0.05) is 12.3 Å². The number of carbonyl (C=O) groups excluding carboxylic acids is 1. The number of nitrogens with one attached hydrogen (secondary N) is 1. The van der Waals surface area contributed by atoms with E-state index in [1.165, 1.54) is 0 Å². The van der Waals surface area contributed by atoms with Crippen LogP contribution in [0.25, 0.3) is 0 Å². The summed E-state index contributed by atoms with van der Waals surface area (Å²) in [6.07, 6.45) is 0. The van der Waals surface area contributed by atoms with Crippen LogP contribution in [0, 0.1) is 0 Å². The summed E-state index contributed by atoms with van der Waals surface area (Å²) in [5.74, 6) is 1.05. The summed E-state index contributed by atoms with van der Waals surface area (Å²) >= 11 is 6.03. The van der Waals surface area contributed by atoms with Crippen LogP contribution in [0.4, 0.5) is 5.69 Å².